The molecule has 1 rings (SSSR count). The second kappa shape index (κ2) is 6.85. The summed E-state index contributed by atoms with van der Waals surface area (Å²) in [6.45, 7) is 0.917. The Balaban J connectivity index is 2.48. The van der Waals surface area contributed by atoms with Crippen LogP contribution in [0.25, 0.3) is 0 Å². The molecule has 0 N–H and O–H groups in total. The van der Waals surface area contributed by atoms with E-state index in [0.717, 1.165) is 5.75 Å². The molecule has 0 aromatic rings. The molecule has 0 saturated carbocycles. The topological polar surface area (TPSA) is 58.9 Å². The van der Waals surface area contributed by atoms with Gasteiger partial charge in [-0.25, -0.2) is 19.6 Å². The lowest BCUT2D eigenvalue weighted by molar-refractivity contribution is 0.542. The van der Waals surface area contributed by atoms with E-state index in [2.05, 4.69) is 9.98 Å². The van der Waals surface area contributed by atoms with E-state index in [-0.39, 0.29) is 11.2 Å². The molecule has 0 aromatic carbocycles. The number of isocyanates is 2. The van der Waals surface area contributed by atoms with Crippen LogP contribution in [-0.4, -0.2) is 36.3 Å². The zero-order chi connectivity index (χ0) is 10.2. The molecule has 2 atom stereocenters. The lowest BCUT2D eigenvalue weighted by Gasteiger charge is -2.27. The number of carbonyl (C=O) groups excluding carboxylic acids is 2. The summed E-state index contributed by atoms with van der Waals surface area (Å²) in [6, 6.07) is 0. The van der Waals surface area contributed by atoms with Crippen LogP contribution in [0.5, 0.6) is 0 Å². The molecule has 1 aliphatic heterocycles. The molecule has 1 heterocycles. The zero-order valence-corrected chi connectivity index (χ0v) is 9.01. The summed E-state index contributed by atoms with van der Waals surface area (Å²) in [7, 11) is 0. The van der Waals surface area contributed by atoms with Crippen molar-refractivity contribution in [3.05, 3.63) is 5.08 Å². The Hall–Kier alpha value is -0.540. The van der Waals surface area contributed by atoms with Gasteiger partial charge < -0.3 is 0 Å². The lowest BCUT2D eigenvalue weighted by Crippen LogP contribution is -2.27. The molecule has 1 radical (unpaired) electrons. The minimum absolute atomic E-state index is 0.231. The molecule has 1 saturated heterocycles. The first-order chi connectivity index (χ1) is 6.88. The van der Waals surface area contributed by atoms with Gasteiger partial charge in [0.05, 0.1) is 18.2 Å². The van der Waals surface area contributed by atoms with E-state index in [9.17, 15) is 9.59 Å². The van der Waals surface area contributed by atoms with Gasteiger partial charge in [0.1, 0.15) is 0 Å². The summed E-state index contributed by atoms with van der Waals surface area (Å²) in [5, 5.41) is 2.27. The first kappa shape index (κ1) is 11.5. The largest absolute Gasteiger partial charge is 0.234 e. The Morgan fingerprint density at radius 3 is 2.71 bits per heavy atom. The van der Waals surface area contributed by atoms with Gasteiger partial charge in [-0.15, -0.1) is 23.5 Å². The van der Waals surface area contributed by atoms with Crippen LogP contribution in [0.15, 0.2) is 9.98 Å². The van der Waals surface area contributed by atoms with Gasteiger partial charge in [-0.05, 0) is 0 Å². The molecule has 2 unspecified atom stereocenters. The Kier molecular flexibility index (Phi) is 5.64. The van der Waals surface area contributed by atoms with Gasteiger partial charge in [-0.1, -0.05) is 0 Å². The Labute approximate surface area is 90.6 Å². The van der Waals surface area contributed by atoms with Gasteiger partial charge in [0.25, 0.3) is 0 Å². The number of thioether (sulfide) groups is 2. The Morgan fingerprint density at radius 2 is 2.00 bits per heavy atom. The van der Waals surface area contributed by atoms with Crippen LogP contribution in [0.2, 0.25) is 0 Å². The third-order valence-corrected chi connectivity index (χ3v) is 4.35. The van der Waals surface area contributed by atoms with Crippen molar-refractivity contribution in [3.63, 3.8) is 0 Å². The fourth-order valence-electron chi connectivity index (χ4n) is 1.14. The molecule has 0 spiro atoms. The van der Waals surface area contributed by atoms with Gasteiger partial charge in [-0.2, -0.15) is 0 Å². The summed E-state index contributed by atoms with van der Waals surface area (Å²) in [5.41, 5.74) is 0. The molecular formula is C8H9N2O2S2. The first-order valence-corrected chi connectivity index (χ1v) is 6.03. The van der Waals surface area contributed by atoms with E-state index >= 15 is 0 Å². The van der Waals surface area contributed by atoms with Gasteiger partial charge in [0.15, 0.2) is 0 Å². The average molecular weight is 229 g/mol. The summed E-state index contributed by atoms with van der Waals surface area (Å²) >= 11 is 3.34. The van der Waals surface area contributed by atoms with Crippen molar-refractivity contribution in [2.24, 2.45) is 15.9 Å². The molecule has 0 aliphatic carbocycles. The quantitative estimate of drug-likeness (QED) is 0.537. The summed E-state index contributed by atoms with van der Waals surface area (Å²) in [4.78, 5) is 27.1. The molecule has 1 fully saturated rings. The molecular weight excluding hydrogens is 220 g/mol. The van der Waals surface area contributed by atoms with Crippen molar-refractivity contribution >= 4 is 35.7 Å². The van der Waals surface area contributed by atoms with Gasteiger partial charge >= 0.3 is 0 Å². The molecule has 0 aromatic heterocycles. The molecule has 6 heteroatoms. The maximum absolute atomic E-state index is 9.97. The van der Waals surface area contributed by atoms with Gasteiger partial charge in [-0.3, -0.25) is 0 Å². The number of hydrogen-bond donors (Lipinski definition) is 0. The normalized spacial score (nSPS) is 26.0. The van der Waals surface area contributed by atoms with Crippen molar-refractivity contribution in [1.29, 1.82) is 0 Å². The SMILES string of the molecule is O=C=NCC1CS[CH]SC1CN=C=O. The summed E-state index contributed by atoms with van der Waals surface area (Å²) in [5.74, 6) is 1.20. The van der Waals surface area contributed by atoms with Crippen LogP contribution >= 0.6 is 23.5 Å². The fraction of sp³-hybridized carbons (Fsp3) is 0.625. The van der Waals surface area contributed by atoms with Crippen molar-refractivity contribution in [1.82, 2.24) is 0 Å². The Bertz CT molecular complexity index is 245. The second-order valence-corrected chi connectivity index (χ2v) is 5.04. The van der Waals surface area contributed by atoms with Crippen molar-refractivity contribution in [2.75, 3.05) is 18.8 Å². The number of aliphatic imine (C=N–C) groups is 2. The Morgan fingerprint density at radius 1 is 1.29 bits per heavy atom. The standard InChI is InChI=1S/C8H9N2O2S2/c11-4-9-1-7-3-13-6-14-8(7)2-10-5-12/h6-8H,1-3H2. The molecule has 0 amide bonds. The van der Waals surface area contributed by atoms with E-state index in [1.807, 2.05) is 5.08 Å². The average Bonchev–Trinajstić information content (AvgIpc) is 2.24. The van der Waals surface area contributed by atoms with E-state index in [1.54, 1.807) is 23.5 Å². The lowest BCUT2D eigenvalue weighted by atomic mass is 10.1. The van der Waals surface area contributed by atoms with Crippen LogP contribution in [-0.2, 0) is 9.59 Å². The molecule has 75 valence electrons. The maximum Gasteiger partial charge on any atom is 0.234 e. The highest BCUT2D eigenvalue weighted by atomic mass is 32.2. The second-order valence-electron chi connectivity index (χ2n) is 2.73. The van der Waals surface area contributed by atoms with E-state index in [4.69, 9.17) is 0 Å². The van der Waals surface area contributed by atoms with Crippen molar-refractivity contribution in [2.45, 2.75) is 5.25 Å². The number of hydrogen-bond acceptors (Lipinski definition) is 6. The van der Waals surface area contributed by atoms with Gasteiger partial charge in [0.2, 0.25) is 12.2 Å². The third kappa shape index (κ3) is 3.68. The van der Waals surface area contributed by atoms with Crippen LogP contribution in [0.4, 0.5) is 0 Å². The number of nitrogens with zero attached hydrogens (tertiary/aromatic N) is 2. The molecule has 4 nitrogen and oxygen atoms in total. The third-order valence-electron chi connectivity index (χ3n) is 1.86. The van der Waals surface area contributed by atoms with E-state index < -0.39 is 0 Å². The van der Waals surface area contributed by atoms with Crippen LogP contribution in [0.3, 0.4) is 0 Å². The summed E-state index contributed by atoms with van der Waals surface area (Å²) in [6.07, 6.45) is 3.05. The predicted molar refractivity (Wildman–Crippen MR) is 57.6 cm³/mol. The molecule has 0 bridgehead atoms. The van der Waals surface area contributed by atoms with E-state index in [0.29, 0.717) is 13.1 Å². The minimum Gasteiger partial charge on any atom is -0.211 e. The first-order valence-electron chi connectivity index (χ1n) is 4.04. The van der Waals surface area contributed by atoms with Crippen LogP contribution in [0.1, 0.15) is 0 Å². The minimum atomic E-state index is 0.231. The van der Waals surface area contributed by atoms with Crippen molar-refractivity contribution in [3.8, 4) is 0 Å². The summed E-state index contributed by atoms with van der Waals surface area (Å²) < 4.78 is 0. The molecule has 1 aliphatic rings. The smallest absolute Gasteiger partial charge is 0.211 e. The van der Waals surface area contributed by atoms with Crippen molar-refractivity contribution < 1.29 is 9.59 Å². The fourth-order valence-corrected chi connectivity index (χ4v) is 3.61. The van der Waals surface area contributed by atoms with E-state index in [1.165, 1.54) is 12.2 Å². The van der Waals surface area contributed by atoms with Crippen LogP contribution in [0, 0.1) is 11.0 Å². The highest BCUT2D eigenvalue weighted by Crippen LogP contribution is 2.36. The monoisotopic (exact) mass is 229 g/mol. The van der Waals surface area contributed by atoms with Crippen LogP contribution < -0.4 is 0 Å². The maximum atomic E-state index is 9.97. The molecule has 14 heavy (non-hydrogen) atoms. The van der Waals surface area contributed by atoms with Gasteiger partial charge in [0, 0.05) is 16.9 Å². The highest BCUT2D eigenvalue weighted by Gasteiger charge is 2.25. The highest BCUT2D eigenvalue weighted by molar-refractivity contribution is 8.20. The number of rotatable bonds is 4. The predicted octanol–water partition coefficient (Wildman–Crippen LogP) is 1.24. The zero-order valence-electron chi connectivity index (χ0n) is 7.38.